The summed E-state index contributed by atoms with van der Waals surface area (Å²) in [6.45, 7) is 5.85. The molecule has 1 aromatic heterocycles. The van der Waals surface area contributed by atoms with Gasteiger partial charge in [0.2, 0.25) is 11.8 Å². The first-order valence-electron chi connectivity index (χ1n) is 8.95. The highest BCUT2D eigenvalue weighted by Gasteiger charge is 2.34. The molecular weight excluding hydrogens is 306 g/mol. The average Bonchev–Trinajstić information content (AvgIpc) is 3.20. The van der Waals surface area contributed by atoms with Gasteiger partial charge in [-0.15, -0.1) is 0 Å². The second-order valence-corrected chi connectivity index (χ2v) is 6.93. The minimum Gasteiger partial charge on any atom is -0.467 e. The molecule has 2 aliphatic heterocycles. The van der Waals surface area contributed by atoms with Crippen molar-refractivity contribution in [3.8, 4) is 0 Å². The van der Waals surface area contributed by atoms with Gasteiger partial charge in [0.05, 0.1) is 18.7 Å². The highest BCUT2D eigenvalue weighted by Crippen LogP contribution is 2.20. The van der Waals surface area contributed by atoms with Crippen LogP contribution in [0.4, 0.5) is 0 Å². The summed E-state index contributed by atoms with van der Waals surface area (Å²) in [6.07, 6.45) is 5.69. The quantitative estimate of drug-likeness (QED) is 0.859. The van der Waals surface area contributed by atoms with Crippen molar-refractivity contribution in [2.24, 2.45) is 5.92 Å². The highest BCUT2D eigenvalue weighted by atomic mass is 16.3. The van der Waals surface area contributed by atoms with Gasteiger partial charge in [0, 0.05) is 32.1 Å². The van der Waals surface area contributed by atoms with Crippen LogP contribution >= 0.6 is 0 Å². The molecule has 1 aromatic rings. The van der Waals surface area contributed by atoms with Crippen LogP contribution in [0.5, 0.6) is 0 Å². The largest absolute Gasteiger partial charge is 0.467 e. The molecule has 2 atom stereocenters. The van der Waals surface area contributed by atoms with E-state index in [0.29, 0.717) is 32.1 Å². The number of nitrogens with zero attached hydrogens (tertiary/aromatic N) is 2. The zero-order valence-corrected chi connectivity index (χ0v) is 14.4. The number of carbonyl (C=O) groups excluding carboxylic acids is 2. The summed E-state index contributed by atoms with van der Waals surface area (Å²) in [4.78, 5) is 28.5. The lowest BCUT2D eigenvalue weighted by molar-refractivity contribution is -0.129. The van der Waals surface area contributed by atoms with Gasteiger partial charge in [-0.2, -0.15) is 0 Å². The van der Waals surface area contributed by atoms with E-state index in [1.807, 2.05) is 12.1 Å². The van der Waals surface area contributed by atoms with Gasteiger partial charge in [-0.25, -0.2) is 0 Å². The van der Waals surface area contributed by atoms with Gasteiger partial charge in [-0.3, -0.25) is 14.5 Å². The van der Waals surface area contributed by atoms with E-state index in [1.54, 1.807) is 11.2 Å². The third-order valence-electron chi connectivity index (χ3n) is 5.15. The molecule has 2 aliphatic rings. The molecular formula is C18H27N3O3. The van der Waals surface area contributed by atoms with E-state index >= 15 is 0 Å². The predicted molar refractivity (Wildman–Crippen MR) is 90.1 cm³/mol. The van der Waals surface area contributed by atoms with E-state index < -0.39 is 0 Å². The Kier molecular flexibility index (Phi) is 5.56. The average molecular weight is 333 g/mol. The molecule has 0 spiro atoms. The lowest BCUT2D eigenvalue weighted by Gasteiger charge is -2.33. The third kappa shape index (κ3) is 4.17. The molecule has 2 saturated heterocycles. The van der Waals surface area contributed by atoms with Gasteiger partial charge in [-0.05, 0) is 38.4 Å². The topological polar surface area (TPSA) is 65.8 Å². The summed E-state index contributed by atoms with van der Waals surface area (Å²) >= 11 is 0. The molecule has 0 unspecified atom stereocenters. The Morgan fingerprint density at radius 2 is 2.29 bits per heavy atom. The van der Waals surface area contributed by atoms with Gasteiger partial charge in [0.25, 0.3) is 0 Å². The van der Waals surface area contributed by atoms with Crippen molar-refractivity contribution < 1.29 is 14.0 Å². The number of nitrogens with one attached hydrogen (secondary N) is 1. The zero-order valence-electron chi connectivity index (χ0n) is 14.4. The number of likely N-dealkylation sites (tertiary alicyclic amines) is 2. The standard InChI is InChI=1S/C18H27N3O3/c1-14-5-2-3-8-20(14)9-7-19-18(23)15-11-17(22)21(12-15)13-16-6-4-10-24-16/h4,6,10,14-15H,2-3,5,7-9,11-13H2,1H3,(H,19,23)/t14-,15+/m1/s1. The van der Waals surface area contributed by atoms with Crippen LogP contribution in [0.1, 0.15) is 38.4 Å². The SMILES string of the molecule is C[C@@H]1CCCCN1CCNC(=O)[C@H]1CC(=O)N(Cc2ccco2)C1. The van der Waals surface area contributed by atoms with Gasteiger partial charge in [-0.1, -0.05) is 6.42 Å². The second-order valence-electron chi connectivity index (χ2n) is 6.93. The Morgan fingerprint density at radius 1 is 1.42 bits per heavy atom. The molecule has 24 heavy (non-hydrogen) atoms. The first-order chi connectivity index (χ1) is 11.6. The fourth-order valence-electron chi connectivity index (χ4n) is 3.65. The van der Waals surface area contributed by atoms with Gasteiger partial charge >= 0.3 is 0 Å². The van der Waals surface area contributed by atoms with Crippen LogP contribution < -0.4 is 5.32 Å². The minimum absolute atomic E-state index is 0.00467. The number of carbonyl (C=O) groups is 2. The number of amides is 2. The highest BCUT2D eigenvalue weighted by molar-refractivity contribution is 5.89. The molecule has 0 radical (unpaired) electrons. The maximum atomic E-state index is 12.3. The molecule has 1 N–H and O–H groups in total. The van der Waals surface area contributed by atoms with Crippen LogP contribution in [0.15, 0.2) is 22.8 Å². The van der Waals surface area contributed by atoms with Gasteiger partial charge in [0.1, 0.15) is 5.76 Å². The molecule has 6 nitrogen and oxygen atoms in total. The number of rotatable bonds is 6. The van der Waals surface area contributed by atoms with Crippen molar-refractivity contribution in [2.75, 3.05) is 26.2 Å². The Balaban J connectivity index is 1.41. The summed E-state index contributed by atoms with van der Waals surface area (Å²) < 4.78 is 5.28. The number of hydrogen-bond donors (Lipinski definition) is 1. The summed E-state index contributed by atoms with van der Waals surface area (Å²) in [5.74, 6) is 0.529. The van der Waals surface area contributed by atoms with Crippen LogP contribution in [-0.2, 0) is 16.1 Å². The number of hydrogen-bond acceptors (Lipinski definition) is 4. The van der Waals surface area contributed by atoms with Crippen molar-refractivity contribution >= 4 is 11.8 Å². The van der Waals surface area contributed by atoms with E-state index in [9.17, 15) is 9.59 Å². The van der Waals surface area contributed by atoms with Crippen molar-refractivity contribution in [1.29, 1.82) is 0 Å². The number of furan rings is 1. The lowest BCUT2D eigenvalue weighted by Crippen LogP contribution is -2.43. The van der Waals surface area contributed by atoms with Crippen LogP contribution in [-0.4, -0.2) is 53.8 Å². The van der Waals surface area contributed by atoms with Crippen molar-refractivity contribution in [1.82, 2.24) is 15.1 Å². The lowest BCUT2D eigenvalue weighted by atomic mass is 10.0. The van der Waals surface area contributed by atoms with Crippen LogP contribution in [0.3, 0.4) is 0 Å². The Morgan fingerprint density at radius 3 is 3.04 bits per heavy atom. The molecule has 0 aliphatic carbocycles. The zero-order chi connectivity index (χ0) is 16.9. The van der Waals surface area contributed by atoms with Crippen molar-refractivity contribution in [3.05, 3.63) is 24.2 Å². The molecule has 3 heterocycles. The molecule has 2 fully saturated rings. The minimum atomic E-state index is -0.244. The number of piperidine rings is 1. The summed E-state index contributed by atoms with van der Waals surface area (Å²) in [5, 5.41) is 3.01. The van der Waals surface area contributed by atoms with E-state index in [4.69, 9.17) is 4.42 Å². The van der Waals surface area contributed by atoms with Crippen LogP contribution in [0.2, 0.25) is 0 Å². The van der Waals surface area contributed by atoms with Crippen LogP contribution in [0, 0.1) is 5.92 Å². The van der Waals surface area contributed by atoms with E-state index in [0.717, 1.165) is 18.8 Å². The van der Waals surface area contributed by atoms with Crippen LogP contribution in [0.25, 0.3) is 0 Å². The van der Waals surface area contributed by atoms with Gasteiger partial charge in [0.15, 0.2) is 0 Å². The van der Waals surface area contributed by atoms with E-state index in [1.165, 1.54) is 19.3 Å². The first kappa shape index (κ1) is 17.0. The van der Waals surface area contributed by atoms with E-state index in [-0.39, 0.29) is 17.7 Å². The fraction of sp³-hybridized carbons (Fsp3) is 0.667. The maximum absolute atomic E-state index is 12.3. The monoisotopic (exact) mass is 333 g/mol. The van der Waals surface area contributed by atoms with Gasteiger partial charge < -0.3 is 14.6 Å². The Hall–Kier alpha value is -1.82. The van der Waals surface area contributed by atoms with Crippen molar-refractivity contribution in [2.45, 2.75) is 45.2 Å². The molecule has 132 valence electrons. The Labute approximate surface area is 143 Å². The molecule has 0 saturated carbocycles. The molecule has 3 rings (SSSR count). The molecule has 0 bridgehead atoms. The molecule has 6 heteroatoms. The molecule has 2 amide bonds. The summed E-state index contributed by atoms with van der Waals surface area (Å²) in [6, 6.07) is 4.26. The third-order valence-corrected chi connectivity index (χ3v) is 5.15. The van der Waals surface area contributed by atoms with E-state index in [2.05, 4.69) is 17.1 Å². The normalized spacial score (nSPS) is 25.2. The maximum Gasteiger partial charge on any atom is 0.225 e. The predicted octanol–water partition coefficient (Wildman–Crippen LogP) is 1.62. The smallest absolute Gasteiger partial charge is 0.225 e. The summed E-state index contributed by atoms with van der Waals surface area (Å²) in [5.41, 5.74) is 0. The summed E-state index contributed by atoms with van der Waals surface area (Å²) in [7, 11) is 0. The fourth-order valence-corrected chi connectivity index (χ4v) is 3.65. The van der Waals surface area contributed by atoms with Crippen molar-refractivity contribution in [3.63, 3.8) is 0 Å². The second kappa shape index (κ2) is 7.83. The first-order valence-corrected chi connectivity index (χ1v) is 8.95. The Bertz CT molecular complexity index is 558. The molecule has 0 aromatic carbocycles.